The number of benzene rings is 1. The van der Waals surface area contributed by atoms with Crippen LogP contribution in [0.4, 0.5) is 0 Å². The number of hydrogen-bond acceptors (Lipinski definition) is 2. The Hall–Kier alpha value is -1.81. The van der Waals surface area contributed by atoms with E-state index < -0.39 is 0 Å². The second-order valence-electron chi connectivity index (χ2n) is 5.72. The van der Waals surface area contributed by atoms with Crippen LogP contribution in [0.25, 0.3) is 10.9 Å². The van der Waals surface area contributed by atoms with Gasteiger partial charge in [-0.1, -0.05) is 18.2 Å². The normalized spacial score (nSPS) is 16.2. The molecule has 4 heteroatoms. The van der Waals surface area contributed by atoms with Crippen LogP contribution in [0.2, 0.25) is 0 Å². The Bertz CT molecular complexity index is 600. The van der Waals surface area contributed by atoms with Gasteiger partial charge in [0.05, 0.1) is 0 Å². The maximum absolute atomic E-state index is 12.0. The minimum absolute atomic E-state index is 0.145. The van der Waals surface area contributed by atoms with Crippen molar-refractivity contribution < 1.29 is 9.53 Å². The van der Waals surface area contributed by atoms with Gasteiger partial charge < -0.3 is 15.0 Å². The molecule has 4 nitrogen and oxygen atoms in total. The van der Waals surface area contributed by atoms with E-state index in [9.17, 15) is 4.79 Å². The lowest BCUT2D eigenvalue weighted by Crippen LogP contribution is -2.32. The summed E-state index contributed by atoms with van der Waals surface area (Å²) >= 11 is 0. The Labute approximate surface area is 124 Å². The van der Waals surface area contributed by atoms with Crippen molar-refractivity contribution >= 4 is 16.8 Å². The highest BCUT2D eigenvalue weighted by Crippen LogP contribution is 2.19. The highest BCUT2D eigenvalue weighted by molar-refractivity contribution is 5.84. The molecule has 2 N–H and O–H groups in total. The molecule has 3 rings (SSSR count). The molecular formula is C17H22N2O2. The topological polar surface area (TPSA) is 54.1 Å². The van der Waals surface area contributed by atoms with Crippen molar-refractivity contribution in [2.24, 2.45) is 5.92 Å². The van der Waals surface area contributed by atoms with Crippen LogP contribution >= 0.6 is 0 Å². The third-order valence-electron chi connectivity index (χ3n) is 4.23. The van der Waals surface area contributed by atoms with Crippen LogP contribution in [-0.2, 0) is 16.0 Å². The van der Waals surface area contributed by atoms with Crippen molar-refractivity contribution in [2.75, 3.05) is 19.8 Å². The quantitative estimate of drug-likeness (QED) is 0.888. The van der Waals surface area contributed by atoms with Crippen molar-refractivity contribution in [3.63, 3.8) is 0 Å². The van der Waals surface area contributed by atoms with Crippen LogP contribution in [0.15, 0.2) is 30.5 Å². The van der Waals surface area contributed by atoms with Gasteiger partial charge in [0.1, 0.15) is 0 Å². The van der Waals surface area contributed by atoms with Gasteiger partial charge in [-0.2, -0.15) is 0 Å². The molecule has 0 unspecified atom stereocenters. The van der Waals surface area contributed by atoms with Gasteiger partial charge in [-0.25, -0.2) is 0 Å². The molecule has 1 aromatic carbocycles. The molecule has 21 heavy (non-hydrogen) atoms. The van der Waals surface area contributed by atoms with Crippen LogP contribution in [-0.4, -0.2) is 30.6 Å². The van der Waals surface area contributed by atoms with Gasteiger partial charge >= 0.3 is 0 Å². The summed E-state index contributed by atoms with van der Waals surface area (Å²) in [7, 11) is 0. The molecule has 0 radical (unpaired) electrons. The highest BCUT2D eigenvalue weighted by atomic mass is 16.5. The zero-order valence-corrected chi connectivity index (χ0v) is 12.2. The number of rotatable bonds is 5. The second kappa shape index (κ2) is 6.76. The smallest absolute Gasteiger partial charge is 0.220 e. The highest BCUT2D eigenvalue weighted by Gasteiger charge is 2.14. The van der Waals surface area contributed by atoms with Crippen LogP contribution in [0.5, 0.6) is 0 Å². The lowest BCUT2D eigenvalue weighted by Gasteiger charge is -2.22. The number of aryl methyl sites for hydroxylation is 1. The van der Waals surface area contributed by atoms with Crippen LogP contribution < -0.4 is 5.32 Å². The number of fused-ring (bicyclic) bond motifs is 1. The van der Waals surface area contributed by atoms with Gasteiger partial charge in [-0.15, -0.1) is 0 Å². The van der Waals surface area contributed by atoms with E-state index >= 15 is 0 Å². The Balaban J connectivity index is 1.47. The van der Waals surface area contributed by atoms with Crippen LogP contribution in [0.1, 0.15) is 24.8 Å². The molecule has 2 aromatic rings. The number of ether oxygens (including phenoxy) is 1. The minimum atomic E-state index is 0.145. The van der Waals surface area contributed by atoms with E-state index in [0.717, 1.165) is 44.5 Å². The van der Waals surface area contributed by atoms with Gasteiger partial charge in [-0.05, 0) is 36.8 Å². The predicted octanol–water partition coefficient (Wildman–Crippen LogP) is 2.64. The lowest BCUT2D eigenvalue weighted by molar-refractivity contribution is -0.121. The fraction of sp³-hybridized carbons (Fsp3) is 0.471. The maximum Gasteiger partial charge on any atom is 0.220 e. The summed E-state index contributed by atoms with van der Waals surface area (Å²) in [6, 6.07) is 8.21. The fourth-order valence-corrected chi connectivity index (χ4v) is 2.88. The summed E-state index contributed by atoms with van der Waals surface area (Å²) in [5.41, 5.74) is 2.35. The first kappa shape index (κ1) is 14.1. The average molecular weight is 286 g/mol. The summed E-state index contributed by atoms with van der Waals surface area (Å²) in [6.45, 7) is 2.45. The molecule has 1 amide bonds. The van der Waals surface area contributed by atoms with Crippen molar-refractivity contribution in [3.8, 4) is 0 Å². The van der Waals surface area contributed by atoms with Crippen LogP contribution in [0.3, 0.4) is 0 Å². The summed E-state index contributed by atoms with van der Waals surface area (Å²) < 4.78 is 5.33. The molecule has 0 atom stereocenters. The minimum Gasteiger partial charge on any atom is -0.381 e. The van der Waals surface area contributed by atoms with E-state index in [1.54, 1.807) is 0 Å². The van der Waals surface area contributed by atoms with Gasteiger partial charge in [0.25, 0.3) is 0 Å². The average Bonchev–Trinajstić information content (AvgIpc) is 2.95. The molecular weight excluding hydrogens is 264 g/mol. The monoisotopic (exact) mass is 286 g/mol. The molecule has 2 heterocycles. The number of hydrogen-bond donors (Lipinski definition) is 2. The standard InChI is InChI=1S/C17H22N2O2/c20-17(19-11-13-7-9-21-10-8-13)6-5-14-12-18-16-4-2-1-3-15(14)16/h1-4,12-13,18H,5-11H2,(H,19,20). The van der Waals surface area contributed by atoms with Gasteiger partial charge in [0.15, 0.2) is 0 Å². The molecule has 0 bridgehead atoms. The first-order valence-corrected chi connectivity index (χ1v) is 7.72. The number of aromatic amines is 1. The number of aromatic nitrogens is 1. The third-order valence-corrected chi connectivity index (χ3v) is 4.23. The SMILES string of the molecule is O=C(CCc1c[nH]c2ccccc12)NCC1CCOCC1. The molecule has 112 valence electrons. The summed E-state index contributed by atoms with van der Waals surface area (Å²) in [5.74, 6) is 0.725. The Morgan fingerprint density at radius 1 is 1.29 bits per heavy atom. The molecule has 0 saturated carbocycles. The summed E-state index contributed by atoms with van der Waals surface area (Å²) in [4.78, 5) is 15.2. The molecule has 1 aromatic heterocycles. The molecule has 1 fully saturated rings. The number of para-hydroxylation sites is 1. The van der Waals surface area contributed by atoms with E-state index in [1.165, 1.54) is 10.9 Å². The van der Waals surface area contributed by atoms with Crippen molar-refractivity contribution in [2.45, 2.75) is 25.7 Å². The van der Waals surface area contributed by atoms with Crippen molar-refractivity contribution in [3.05, 3.63) is 36.0 Å². The van der Waals surface area contributed by atoms with Crippen LogP contribution in [0, 0.1) is 5.92 Å². The third kappa shape index (κ3) is 3.64. The number of carbonyl (C=O) groups excluding carboxylic acids is 1. The molecule has 0 spiro atoms. The maximum atomic E-state index is 12.0. The zero-order valence-electron chi connectivity index (χ0n) is 12.2. The van der Waals surface area contributed by atoms with Gasteiger partial charge in [-0.3, -0.25) is 4.79 Å². The number of nitrogens with one attached hydrogen (secondary N) is 2. The van der Waals surface area contributed by atoms with Crippen molar-refractivity contribution in [1.29, 1.82) is 0 Å². The van der Waals surface area contributed by atoms with Crippen molar-refractivity contribution in [1.82, 2.24) is 10.3 Å². The number of amides is 1. The molecule has 0 aliphatic carbocycles. The molecule has 1 aliphatic heterocycles. The fourth-order valence-electron chi connectivity index (χ4n) is 2.88. The van der Waals surface area contributed by atoms with E-state index in [2.05, 4.69) is 22.4 Å². The lowest BCUT2D eigenvalue weighted by atomic mass is 10.0. The largest absolute Gasteiger partial charge is 0.381 e. The van der Waals surface area contributed by atoms with Gasteiger partial charge in [0.2, 0.25) is 5.91 Å². The first-order valence-electron chi connectivity index (χ1n) is 7.72. The van der Waals surface area contributed by atoms with Gasteiger partial charge in [0, 0.05) is 43.3 Å². The second-order valence-corrected chi connectivity index (χ2v) is 5.72. The first-order chi connectivity index (χ1) is 10.3. The Kier molecular flexibility index (Phi) is 4.55. The summed E-state index contributed by atoms with van der Waals surface area (Å²) in [6.07, 6.45) is 5.45. The summed E-state index contributed by atoms with van der Waals surface area (Å²) in [5, 5.41) is 4.28. The van der Waals surface area contributed by atoms with E-state index in [1.807, 2.05) is 18.3 Å². The predicted molar refractivity (Wildman–Crippen MR) is 83.2 cm³/mol. The number of H-pyrrole nitrogens is 1. The van der Waals surface area contributed by atoms with E-state index in [-0.39, 0.29) is 5.91 Å². The van der Waals surface area contributed by atoms with E-state index in [4.69, 9.17) is 4.74 Å². The number of carbonyl (C=O) groups is 1. The Morgan fingerprint density at radius 2 is 2.10 bits per heavy atom. The zero-order chi connectivity index (χ0) is 14.5. The Morgan fingerprint density at radius 3 is 2.95 bits per heavy atom. The van der Waals surface area contributed by atoms with E-state index in [0.29, 0.717) is 12.3 Å². The molecule has 1 saturated heterocycles. The molecule has 1 aliphatic rings.